The van der Waals surface area contributed by atoms with Gasteiger partial charge in [0.1, 0.15) is 5.75 Å². The number of amides is 2. The van der Waals surface area contributed by atoms with E-state index in [4.69, 9.17) is 4.74 Å². The Kier molecular flexibility index (Phi) is 7.59. The molecule has 1 rings (SSSR count). The number of aryl methyl sites for hydroxylation is 1. The molecule has 1 aromatic carbocycles. The second-order valence-electron chi connectivity index (χ2n) is 6.69. The summed E-state index contributed by atoms with van der Waals surface area (Å²) in [4.78, 5) is 23.4. The largest absolute Gasteiger partial charge is 0.483 e. The smallest absolute Gasteiger partial charge is 0.258 e. The summed E-state index contributed by atoms with van der Waals surface area (Å²) in [7, 11) is 0. The first-order chi connectivity index (χ1) is 10.8. The van der Waals surface area contributed by atoms with Gasteiger partial charge in [-0.3, -0.25) is 9.59 Å². The van der Waals surface area contributed by atoms with Crippen LogP contribution in [0.15, 0.2) is 24.3 Å². The fourth-order valence-electron chi connectivity index (χ4n) is 2.08. The zero-order chi connectivity index (χ0) is 17.3. The van der Waals surface area contributed by atoms with E-state index in [2.05, 4.69) is 10.6 Å². The molecule has 0 radical (unpaired) electrons. The van der Waals surface area contributed by atoms with Crippen molar-refractivity contribution in [2.24, 2.45) is 5.41 Å². The quantitative estimate of drug-likeness (QED) is 0.722. The molecule has 0 spiro atoms. The Labute approximate surface area is 138 Å². The third-order valence-corrected chi connectivity index (χ3v) is 3.17. The Hall–Kier alpha value is -2.04. The highest BCUT2D eigenvalue weighted by Gasteiger charge is 2.15. The standard InChI is InChI=1S/C18H28N2O3/c1-5-14-8-6-7-9-15(14)23-13-17(22)20-11-10-19-16(21)12-18(2,3)4/h6-9H,5,10-13H2,1-4H3,(H,19,21)(H,20,22). The SMILES string of the molecule is CCc1ccccc1OCC(=O)NCCNC(=O)CC(C)(C)C. The van der Waals surface area contributed by atoms with Crippen molar-refractivity contribution < 1.29 is 14.3 Å². The van der Waals surface area contributed by atoms with E-state index in [0.717, 1.165) is 17.7 Å². The van der Waals surface area contributed by atoms with Gasteiger partial charge in [0.25, 0.3) is 5.91 Å². The molecule has 0 aliphatic rings. The third-order valence-electron chi connectivity index (χ3n) is 3.17. The maximum atomic E-state index is 11.7. The molecule has 2 N–H and O–H groups in total. The van der Waals surface area contributed by atoms with Gasteiger partial charge in [-0.15, -0.1) is 0 Å². The lowest BCUT2D eigenvalue weighted by molar-refractivity contribution is -0.124. The summed E-state index contributed by atoms with van der Waals surface area (Å²) in [6, 6.07) is 7.68. The van der Waals surface area contributed by atoms with Gasteiger partial charge in [-0.1, -0.05) is 45.9 Å². The fourth-order valence-corrected chi connectivity index (χ4v) is 2.08. The van der Waals surface area contributed by atoms with Gasteiger partial charge >= 0.3 is 0 Å². The highest BCUT2D eigenvalue weighted by atomic mass is 16.5. The normalized spacial score (nSPS) is 11.0. The van der Waals surface area contributed by atoms with Crippen LogP contribution in [0.5, 0.6) is 5.75 Å². The molecule has 1 aromatic rings. The summed E-state index contributed by atoms with van der Waals surface area (Å²) >= 11 is 0. The van der Waals surface area contributed by atoms with Gasteiger partial charge < -0.3 is 15.4 Å². The lowest BCUT2D eigenvalue weighted by Gasteiger charge is -2.17. The number of carbonyl (C=O) groups is 2. The van der Waals surface area contributed by atoms with Crippen molar-refractivity contribution in [3.8, 4) is 5.75 Å². The van der Waals surface area contributed by atoms with Crippen molar-refractivity contribution in [3.05, 3.63) is 29.8 Å². The maximum absolute atomic E-state index is 11.7. The van der Waals surface area contributed by atoms with E-state index in [1.54, 1.807) is 0 Å². The predicted octanol–water partition coefficient (Wildman–Crippen LogP) is 2.30. The van der Waals surface area contributed by atoms with Crippen LogP contribution in [0.25, 0.3) is 0 Å². The Morgan fingerprint density at radius 3 is 2.26 bits per heavy atom. The second kappa shape index (κ2) is 9.18. The highest BCUT2D eigenvalue weighted by Crippen LogP contribution is 2.18. The van der Waals surface area contributed by atoms with Crippen molar-refractivity contribution in [1.29, 1.82) is 0 Å². The molecule has 0 saturated carbocycles. The lowest BCUT2D eigenvalue weighted by atomic mass is 9.92. The van der Waals surface area contributed by atoms with Gasteiger partial charge in [-0.25, -0.2) is 0 Å². The maximum Gasteiger partial charge on any atom is 0.258 e. The summed E-state index contributed by atoms with van der Waals surface area (Å²) in [6.07, 6.45) is 1.33. The number of hydrogen-bond acceptors (Lipinski definition) is 3. The van der Waals surface area contributed by atoms with Crippen molar-refractivity contribution in [1.82, 2.24) is 10.6 Å². The summed E-state index contributed by atoms with van der Waals surface area (Å²) < 4.78 is 5.53. The molecule has 0 heterocycles. The Morgan fingerprint density at radius 2 is 1.65 bits per heavy atom. The number of rotatable bonds is 8. The van der Waals surface area contributed by atoms with Crippen LogP contribution in [0.1, 0.15) is 39.7 Å². The van der Waals surface area contributed by atoms with Gasteiger partial charge in [0.15, 0.2) is 6.61 Å². The van der Waals surface area contributed by atoms with E-state index in [-0.39, 0.29) is 23.8 Å². The van der Waals surface area contributed by atoms with E-state index in [9.17, 15) is 9.59 Å². The van der Waals surface area contributed by atoms with Gasteiger partial charge in [0.2, 0.25) is 5.91 Å². The molecular weight excluding hydrogens is 292 g/mol. The lowest BCUT2D eigenvalue weighted by Crippen LogP contribution is -2.37. The molecule has 0 unspecified atom stereocenters. The number of benzene rings is 1. The van der Waals surface area contributed by atoms with E-state index < -0.39 is 0 Å². The first-order valence-corrected chi connectivity index (χ1v) is 8.06. The monoisotopic (exact) mass is 320 g/mol. The molecule has 5 heteroatoms. The molecule has 5 nitrogen and oxygen atoms in total. The van der Waals surface area contributed by atoms with E-state index in [1.165, 1.54) is 0 Å². The predicted molar refractivity (Wildman–Crippen MR) is 91.4 cm³/mol. The zero-order valence-electron chi connectivity index (χ0n) is 14.6. The molecule has 0 saturated heterocycles. The number of ether oxygens (including phenoxy) is 1. The van der Waals surface area contributed by atoms with Gasteiger partial charge in [0, 0.05) is 19.5 Å². The number of para-hydroxylation sites is 1. The fraction of sp³-hybridized carbons (Fsp3) is 0.556. The topological polar surface area (TPSA) is 67.4 Å². The minimum atomic E-state index is -0.194. The molecule has 0 atom stereocenters. The highest BCUT2D eigenvalue weighted by molar-refractivity contribution is 5.78. The van der Waals surface area contributed by atoms with Crippen LogP contribution < -0.4 is 15.4 Å². The summed E-state index contributed by atoms with van der Waals surface area (Å²) in [5.74, 6) is 0.546. The molecule has 0 fully saturated rings. The summed E-state index contributed by atoms with van der Waals surface area (Å²) in [6.45, 7) is 8.88. The van der Waals surface area contributed by atoms with Crippen LogP contribution in [0.4, 0.5) is 0 Å². The molecule has 0 aliphatic carbocycles. The van der Waals surface area contributed by atoms with Crippen molar-refractivity contribution in [3.63, 3.8) is 0 Å². The van der Waals surface area contributed by atoms with Crippen molar-refractivity contribution >= 4 is 11.8 Å². The number of hydrogen-bond donors (Lipinski definition) is 2. The Morgan fingerprint density at radius 1 is 1.04 bits per heavy atom. The molecule has 2 amide bonds. The molecule has 0 bridgehead atoms. The Bertz CT molecular complexity index is 521. The second-order valence-corrected chi connectivity index (χ2v) is 6.69. The summed E-state index contributed by atoms with van der Waals surface area (Å²) in [5.41, 5.74) is 1.04. The average molecular weight is 320 g/mol. The van der Waals surface area contributed by atoms with E-state index in [1.807, 2.05) is 52.0 Å². The zero-order valence-corrected chi connectivity index (χ0v) is 14.6. The first kappa shape index (κ1) is 19.0. The molecule has 23 heavy (non-hydrogen) atoms. The van der Waals surface area contributed by atoms with Crippen molar-refractivity contribution in [2.45, 2.75) is 40.5 Å². The van der Waals surface area contributed by atoms with Gasteiger partial charge in [-0.2, -0.15) is 0 Å². The Balaban J connectivity index is 2.21. The van der Waals surface area contributed by atoms with Gasteiger partial charge in [0.05, 0.1) is 0 Å². The van der Waals surface area contributed by atoms with Crippen LogP contribution in [-0.4, -0.2) is 31.5 Å². The summed E-state index contributed by atoms with van der Waals surface area (Å²) in [5, 5.41) is 5.52. The van der Waals surface area contributed by atoms with Crippen LogP contribution in [0.2, 0.25) is 0 Å². The molecule has 0 aliphatic heterocycles. The van der Waals surface area contributed by atoms with Gasteiger partial charge in [-0.05, 0) is 23.5 Å². The van der Waals surface area contributed by atoms with Crippen molar-refractivity contribution in [2.75, 3.05) is 19.7 Å². The minimum Gasteiger partial charge on any atom is -0.483 e. The average Bonchev–Trinajstić information content (AvgIpc) is 2.48. The van der Waals surface area contributed by atoms with E-state index in [0.29, 0.717) is 19.5 Å². The van der Waals surface area contributed by atoms with Crippen LogP contribution >= 0.6 is 0 Å². The molecule has 0 aromatic heterocycles. The van der Waals surface area contributed by atoms with Crippen LogP contribution in [-0.2, 0) is 16.0 Å². The third kappa shape index (κ3) is 8.24. The molecular formula is C18H28N2O3. The van der Waals surface area contributed by atoms with Crippen LogP contribution in [0.3, 0.4) is 0 Å². The first-order valence-electron chi connectivity index (χ1n) is 8.06. The van der Waals surface area contributed by atoms with Crippen LogP contribution in [0, 0.1) is 5.41 Å². The van der Waals surface area contributed by atoms with E-state index >= 15 is 0 Å². The number of nitrogens with one attached hydrogen (secondary N) is 2. The molecule has 128 valence electrons. The number of carbonyl (C=O) groups excluding carboxylic acids is 2. The minimum absolute atomic E-state index is 0.000118.